The van der Waals surface area contributed by atoms with Crippen LogP contribution in [-0.2, 0) is 16.6 Å². The molecule has 4 aliphatic rings. The minimum absolute atomic E-state index is 0.188. The molecule has 0 fully saturated rings. The molecule has 0 aromatic heterocycles. The maximum Gasteiger partial charge on any atom is 0.244 e. The fourth-order valence-corrected chi connectivity index (χ4v) is 5.28. The summed E-state index contributed by atoms with van der Waals surface area (Å²) in [5, 5.41) is 13.1. The molecule has 1 spiro atoms. The molecule has 1 amide bonds. The largest absolute Gasteiger partial charge is 0.493 e. The highest BCUT2D eigenvalue weighted by molar-refractivity contribution is 6.12. The van der Waals surface area contributed by atoms with Crippen LogP contribution in [0, 0.1) is 11.3 Å². The quantitative estimate of drug-likeness (QED) is 0.704. The van der Waals surface area contributed by atoms with E-state index in [4.69, 9.17) is 24.7 Å². The third-order valence-corrected chi connectivity index (χ3v) is 6.90. The monoisotopic (exact) mass is 458 g/mol. The zero-order chi connectivity index (χ0) is 23.6. The van der Waals surface area contributed by atoms with Crippen LogP contribution >= 0.6 is 0 Å². The summed E-state index contributed by atoms with van der Waals surface area (Å²) in [6.45, 7) is 1.41. The molecule has 2 aromatic rings. The van der Waals surface area contributed by atoms with E-state index in [-0.39, 0.29) is 17.3 Å². The van der Waals surface area contributed by atoms with Crippen LogP contribution in [0.25, 0.3) is 5.70 Å². The molecule has 0 bridgehead atoms. The highest BCUT2D eigenvalue weighted by Crippen LogP contribution is 2.53. The van der Waals surface area contributed by atoms with Gasteiger partial charge in [-0.1, -0.05) is 0 Å². The third kappa shape index (κ3) is 2.51. The first-order valence-electron chi connectivity index (χ1n) is 10.9. The molecular formula is C25H22N4O5. The van der Waals surface area contributed by atoms with Gasteiger partial charge in [0.25, 0.3) is 0 Å². The minimum atomic E-state index is -1.39. The summed E-state index contributed by atoms with van der Waals surface area (Å²) < 4.78 is 22.5. The van der Waals surface area contributed by atoms with E-state index in [0.29, 0.717) is 60.4 Å². The van der Waals surface area contributed by atoms with E-state index in [2.05, 4.69) is 11.4 Å². The first kappa shape index (κ1) is 20.3. The number of hydrogen-bond donors (Lipinski definition) is 2. The van der Waals surface area contributed by atoms with Gasteiger partial charge < -0.3 is 34.9 Å². The Morgan fingerprint density at radius 3 is 2.53 bits per heavy atom. The average Bonchev–Trinajstić information content (AvgIpc) is 3.12. The van der Waals surface area contributed by atoms with E-state index >= 15 is 0 Å². The second kappa shape index (κ2) is 7.09. The van der Waals surface area contributed by atoms with Crippen molar-refractivity contribution in [3.63, 3.8) is 0 Å². The number of carbonyl (C=O) groups excluding carboxylic acids is 1. The summed E-state index contributed by atoms with van der Waals surface area (Å²) >= 11 is 0. The SMILES string of the molecule is COc1cc2c(cc1OC)C1=C[C@]3(C(=O)Nc4cc5c(cc43)OCCO5)C(C#N)=C(N)N1CC2. The number of ether oxygens (including phenoxy) is 4. The van der Waals surface area contributed by atoms with Crippen molar-refractivity contribution in [3.05, 3.63) is 58.4 Å². The molecular weight excluding hydrogens is 436 g/mol. The summed E-state index contributed by atoms with van der Waals surface area (Å²) in [4.78, 5) is 15.5. The Hall–Kier alpha value is -4.32. The van der Waals surface area contributed by atoms with E-state index in [0.717, 1.165) is 16.8 Å². The molecule has 2 aromatic carbocycles. The lowest BCUT2D eigenvalue weighted by molar-refractivity contribution is -0.118. The first-order valence-corrected chi connectivity index (χ1v) is 10.9. The van der Waals surface area contributed by atoms with Gasteiger partial charge in [-0.2, -0.15) is 5.26 Å². The topological polar surface area (TPSA) is 119 Å². The number of nitrogens with two attached hydrogens (primary N) is 1. The standard InChI is InChI=1S/C25H22N4O5/c1-31-19-7-13-3-4-29-18(14(13)8-20(19)32-2)11-25(16(12-26)23(29)27)15-9-21-22(34-6-5-33-21)10-17(15)28-24(25)30/h7-11H,3-6,27H2,1-2H3,(H,28,30)/t25-/m1/s1. The normalized spacial score (nSPS) is 21.7. The summed E-state index contributed by atoms with van der Waals surface area (Å²) in [7, 11) is 3.18. The number of hydrogen-bond acceptors (Lipinski definition) is 8. The van der Waals surface area contributed by atoms with Gasteiger partial charge in [-0.25, -0.2) is 0 Å². The predicted octanol–water partition coefficient (Wildman–Crippen LogP) is 2.27. The van der Waals surface area contributed by atoms with E-state index in [1.165, 1.54) is 0 Å². The molecule has 0 radical (unpaired) electrons. The minimum Gasteiger partial charge on any atom is -0.493 e. The Morgan fingerprint density at radius 2 is 1.82 bits per heavy atom. The molecule has 0 saturated heterocycles. The van der Waals surface area contributed by atoms with Crippen LogP contribution in [0.4, 0.5) is 5.69 Å². The van der Waals surface area contributed by atoms with Gasteiger partial charge in [-0.3, -0.25) is 4.79 Å². The molecule has 1 atom stereocenters. The lowest BCUT2D eigenvalue weighted by Gasteiger charge is -2.41. The second-order valence-corrected chi connectivity index (χ2v) is 8.47. The van der Waals surface area contributed by atoms with Crippen LogP contribution in [0.1, 0.15) is 16.7 Å². The number of benzene rings is 2. The van der Waals surface area contributed by atoms with Crippen molar-refractivity contribution in [2.75, 3.05) is 39.3 Å². The van der Waals surface area contributed by atoms with Crippen molar-refractivity contribution >= 4 is 17.3 Å². The number of rotatable bonds is 2. The van der Waals surface area contributed by atoms with Crippen molar-refractivity contribution in [1.82, 2.24) is 4.90 Å². The Kier molecular flexibility index (Phi) is 4.23. The number of nitrogens with one attached hydrogen (secondary N) is 1. The van der Waals surface area contributed by atoms with Crippen molar-refractivity contribution in [1.29, 1.82) is 5.26 Å². The molecule has 9 heteroatoms. The predicted molar refractivity (Wildman–Crippen MR) is 122 cm³/mol. The van der Waals surface area contributed by atoms with Crippen LogP contribution in [0.2, 0.25) is 0 Å². The number of amides is 1. The number of nitrogens with zero attached hydrogens (tertiary/aromatic N) is 2. The van der Waals surface area contributed by atoms with E-state index < -0.39 is 5.41 Å². The maximum absolute atomic E-state index is 13.6. The van der Waals surface area contributed by atoms with Crippen molar-refractivity contribution in [2.45, 2.75) is 11.8 Å². The van der Waals surface area contributed by atoms with Gasteiger partial charge in [-0.15, -0.1) is 0 Å². The summed E-state index contributed by atoms with van der Waals surface area (Å²) in [5.41, 5.74) is 9.24. The van der Waals surface area contributed by atoms with Crippen LogP contribution in [0.15, 0.2) is 41.7 Å². The molecule has 4 heterocycles. The van der Waals surface area contributed by atoms with Gasteiger partial charge in [0.2, 0.25) is 5.91 Å². The van der Waals surface area contributed by atoms with Gasteiger partial charge in [0.05, 0.1) is 19.8 Å². The van der Waals surface area contributed by atoms with Crippen LogP contribution in [0.3, 0.4) is 0 Å². The van der Waals surface area contributed by atoms with Crippen LogP contribution in [0.5, 0.6) is 23.0 Å². The highest BCUT2D eigenvalue weighted by Gasteiger charge is 2.54. The molecule has 6 rings (SSSR count). The number of fused-ring (bicyclic) bond motifs is 6. The lowest BCUT2D eigenvalue weighted by Crippen LogP contribution is -2.45. The molecule has 0 aliphatic carbocycles. The first-order chi connectivity index (χ1) is 16.5. The Morgan fingerprint density at radius 1 is 1.12 bits per heavy atom. The van der Waals surface area contributed by atoms with Gasteiger partial charge in [-0.05, 0) is 36.3 Å². The lowest BCUT2D eigenvalue weighted by atomic mass is 9.71. The smallest absolute Gasteiger partial charge is 0.244 e. The molecule has 4 aliphatic heterocycles. The Balaban J connectivity index is 1.62. The summed E-state index contributed by atoms with van der Waals surface area (Å²) in [5.74, 6) is 2.22. The van der Waals surface area contributed by atoms with Crippen molar-refractivity contribution in [3.8, 4) is 29.1 Å². The zero-order valence-corrected chi connectivity index (χ0v) is 18.7. The molecule has 0 unspecified atom stereocenters. The fourth-order valence-electron chi connectivity index (χ4n) is 5.28. The number of anilines is 1. The summed E-state index contributed by atoms with van der Waals surface area (Å²) in [6, 6.07) is 9.59. The van der Waals surface area contributed by atoms with Gasteiger partial charge in [0, 0.05) is 35.1 Å². The molecule has 9 nitrogen and oxygen atoms in total. The number of nitriles is 1. The number of methoxy groups -OCH3 is 2. The van der Waals surface area contributed by atoms with Gasteiger partial charge in [0.15, 0.2) is 23.0 Å². The van der Waals surface area contributed by atoms with Gasteiger partial charge in [0.1, 0.15) is 30.5 Å². The van der Waals surface area contributed by atoms with Gasteiger partial charge >= 0.3 is 0 Å². The van der Waals surface area contributed by atoms with Crippen molar-refractivity contribution in [2.24, 2.45) is 5.73 Å². The van der Waals surface area contributed by atoms with E-state index in [1.54, 1.807) is 26.4 Å². The molecule has 34 heavy (non-hydrogen) atoms. The molecule has 3 N–H and O–H groups in total. The highest BCUT2D eigenvalue weighted by atomic mass is 16.6. The number of carbonyl (C=O) groups is 1. The maximum atomic E-state index is 13.6. The Labute approximate surface area is 195 Å². The fraction of sp³-hybridized carbons (Fsp3) is 0.280. The van der Waals surface area contributed by atoms with E-state index in [9.17, 15) is 10.1 Å². The molecule has 172 valence electrons. The van der Waals surface area contributed by atoms with E-state index in [1.807, 2.05) is 23.1 Å². The zero-order valence-electron chi connectivity index (χ0n) is 18.7. The van der Waals surface area contributed by atoms with Crippen LogP contribution in [-0.4, -0.2) is 44.8 Å². The average molecular weight is 458 g/mol. The Bertz CT molecular complexity index is 1370. The molecule has 0 saturated carbocycles. The van der Waals surface area contributed by atoms with Crippen LogP contribution < -0.4 is 30.0 Å². The van der Waals surface area contributed by atoms with Crippen molar-refractivity contribution < 1.29 is 23.7 Å². The second-order valence-electron chi connectivity index (χ2n) is 8.47. The summed E-state index contributed by atoms with van der Waals surface area (Å²) in [6.07, 6.45) is 2.53. The third-order valence-electron chi connectivity index (χ3n) is 6.90.